The van der Waals surface area contributed by atoms with Gasteiger partial charge in [-0.15, -0.1) is 0 Å². The second kappa shape index (κ2) is 5.39. The first-order valence-corrected chi connectivity index (χ1v) is 6.03. The molecule has 1 saturated heterocycles. The number of likely N-dealkylation sites (N-methyl/N-ethyl adjacent to an activating group) is 1. The molecular weight excluding hydrogens is 234 g/mol. The van der Waals surface area contributed by atoms with Gasteiger partial charge in [0.15, 0.2) is 0 Å². The van der Waals surface area contributed by atoms with E-state index in [0.717, 1.165) is 32.0 Å². The number of piperazine rings is 1. The Kier molecular flexibility index (Phi) is 3.88. The van der Waals surface area contributed by atoms with Gasteiger partial charge in [-0.05, 0) is 19.2 Å². The highest BCUT2D eigenvalue weighted by molar-refractivity contribution is 7.80. The van der Waals surface area contributed by atoms with Crippen LogP contribution >= 0.6 is 12.2 Å². The second-order valence-corrected chi connectivity index (χ2v) is 4.61. The molecule has 1 fully saturated rings. The van der Waals surface area contributed by atoms with Crippen molar-refractivity contribution in [2.75, 3.05) is 38.7 Å². The molecule has 0 unspecified atom stereocenters. The van der Waals surface area contributed by atoms with Crippen LogP contribution in [0.4, 0.5) is 5.82 Å². The normalized spacial score (nSPS) is 17.9. The maximum Gasteiger partial charge on any atom is 0.141 e. The monoisotopic (exact) mass is 251 g/mol. The number of hydrogen-bond acceptors (Lipinski definition) is 5. The lowest BCUT2D eigenvalue weighted by molar-refractivity contribution is 0.178. The molecule has 3 N–H and O–H groups in total. The van der Waals surface area contributed by atoms with Crippen molar-refractivity contribution >= 4 is 23.0 Å². The smallest absolute Gasteiger partial charge is 0.141 e. The molecule has 0 aliphatic carbocycles. The lowest BCUT2D eigenvalue weighted by Gasteiger charge is -2.32. The van der Waals surface area contributed by atoms with Crippen LogP contribution in [-0.4, -0.2) is 53.1 Å². The molecule has 0 spiro atoms. The van der Waals surface area contributed by atoms with Gasteiger partial charge in [-0.25, -0.2) is 9.99 Å². The van der Waals surface area contributed by atoms with Gasteiger partial charge in [0.2, 0.25) is 0 Å². The van der Waals surface area contributed by atoms with Gasteiger partial charge in [0.25, 0.3) is 0 Å². The molecule has 5 nitrogen and oxygen atoms in total. The molecule has 6 heteroatoms. The fourth-order valence-corrected chi connectivity index (χ4v) is 1.83. The first-order chi connectivity index (χ1) is 8.15. The topological polar surface area (TPSA) is 57.4 Å². The van der Waals surface area contributed by atoms with Crippen LogP contribution in [0.25, 0.3) is 0 Å². The summed E-state index contributed by atoms with van der Waals surface area (Å²) in [5, 5.41) is 2.16. The number of aromatic nitrogens is 1. The van der Waals surface area contributed by atoms with E-state index >= 15 is 0 Å². The summed E-state index contributed by atoms with van der Waals surface area (Å²) in [7, 11) is 2.13. The van der Waals surface area contributed by atoms with Gasteiger partial charge >= 0.3 is 0 Å². The highest BCUT2D eigenvalue weighted by atomic mass is 32.1. The van der Waals surface area contributed by atoms with Crippen molar-refractivity contribution < 1.29 is 0 Å². The van der Waals surface area contributed by atoms with Gasteiger partial charge in [0.1, 0.15) is 10.8 Å². The number of pyridine rings is 1. The van der Waals surface area contributed by atoms with Gasteiger partial charge in [0, 0.05) is 26.2 Å². The fraction of sp³-hybridized carbons (Fsp3) is 0.455. The Balaban J connectivity index is 1.98. The molecule has 0 radical (unpaired) electrons. The van der Waals surface area contributed by atoms with Crippen molar-refractivity contribution in [3.63, 3.8) is 0 Å². The van der Waals surface area contributed by atoms with Gasteiger partial charge in [0.05, 0.1) is 5.69 Å². The lowest BCUT2D eigenvalue weighted by Crippen LogP contribution is -2.47. The number of thiocarbonyl (C=S) groups is 1. The average molecular weight is 251 g/mol. The Bertz CT molecular complexity index is 401. The number of nitrogens with one attached hydrogen (secondary N) is 1. The van der Waals surface area contributed by atoms with E-state index in [1.807, 2.05) is 18.2 Å². The molecule has 0 amide bonds. The predicted molar refractivity (Wildman–Crippen MR) is 72.8 cm³/mol. The summed E-state index contributed by atoms with van der Waals surface area (Å²) in [6.45, 7) is 4.08. The molecule has 0 saturated carbocycles. The van der Waals surface area contributed by atoms with E-state index < -0.39 is 0 Å². The molecular formula is C11H17N5S. The molecule has 2 heterocycles. The Labute approximate surface area is 107 Å². The number of hydrazine groups is 1. The Morgan fingerprint density at radius 3 is 2.71 bits per heavy atom. The maximum atomic E-state index is 5.55. The Morgan fingerprint density at radius 2 is 2.06 bits per heavy atom. The molecule has 0 bridgehead atoms. The van der Waals surface area contributed by atoms with Gasteiger partial charge in [-0.3, -0.25) is 0 Å². The van der Waals surface area contributed by atoms with Crippen LogP contribution < -0.4 is 11.2 Å². The van der Waals surface area contributed by atoms with E-state index in [4.69, 9.17) is 18.0 Å². The number of anilines is 1. The highest BCUT2D eigenvalue weighted by Crippen LogP contribution is 2.07. The minimum atomic E-state index is 0.326. The molecule has 1 aromatic rings. The van der Waals surface area contributed by atoms with Crippen molar-refractivity contribution in [2.24, 2.45) is 5.73 Å². The molecule has 92 valence electrons. The van der Waals surface area contributed by atoms with Crippen molar-refractivity contribution in [1.29, 1.82) is 0 Å². The summed E-state index contributed by atoms with van der Waals surface area (Å²) in [5.41, 5.74) is 9.48. The Morgan fingerprint density at radius 1 is 1.35 bits per heavy atom. The average Bonchev–Trinajstić information content (AvgIpc) is 2.32. The molecule has 1 aliphatic rings. The number of rotatable bonds is 3. The van der Waals surface area contributed by atoms with Crippen molar-refractivity contribution in [1.82, 2.24) is 14.9 Å². The minimum Gasteiger partial charge on any atom is -0.388 e. The SMILES string of the molecule is CN1CCN(Nc2cccc(C(N)=S)n2)CC1. The highest BCUT2D eigenvalue weighted by Gasteiger charge is 2.13. The number of nitrogens with zero attached hydrogens (tertiary/aromatic N) is 3. The lowest BCUT2D eigenvalue weighted by atomic mass is 10.3. The van der Waals surface area contributed by atoms with E-state index in [0.29, 0.717) is 10.7 Å². The van der Waals surface area contributed by atoms with Crippen LogP contribution in [-0.2, 0) is 0 Å². The molecule has 0 atom stereocenters. The fourth-order valence-electron chi connectivity index (χ4n) is 1.71. The van der Waals surface area contributed by atoms with Gasteiger partial charge in [-0.1, -0.05) is 18.3 Å². The third kappa shape index (κ3) is 3.36. The quantitative estimate of drug-likeness (QED) is 0.753. The van der Waals surface area contributed by atoms with E-state index in [1.54, 1.807) is 0 Å². The largest absolute Gasteiger partial charge is 0.388 e. The molecule has 0 aromatic carbocycles. The summed E-state index contributed by atoms with van der Waals surface area (Å²) in [4.78, 5) is 6.98. The van der Waals surface area contributed by atoms with Crippen LogP contribution in [0.15, 0.2) is 18.2 Å². The van der Waals surface area contributed by atoms with Crippen LogP contribution in [0, 0.1) is 0 Å². The maximum absolute atomic E-state index is 5.55. The van der Waals surface area contributed by atoms with E-state index in [-0.39, 0.29) is 0 Å². The van der Waals surface area contributed by atoms with Crippen LogP contribution in [0.5, 0.6) is 0 Å². The minimum absolute atomic E-state index is 0.326. The van der Waals surface area contributed by atoms with Gasteiger partial charge in [-0.2, -0.15) is 0 Å². The van der Waals surface area contributed by atoms with Gasteiger partial charge < -0.3 is 16.1 Å². The third-order valence-electron chi connectivity index (χ3n) is 2.78. The molecule has 17 heavy (non-hydrogen) atoms. The summed E-state index contributed by atoms with van der Waals surface area (Å²) < 4.78 is 0. The van der Waals surface area contributed by atoms with E-state index in [9.17, 15) is 0 Å². The summed E-state index contributed by atoms with van der Waals surface area (Å²) in [6, 6.07) is 5.64. The number of hydrogen-bond donors (Lipinski definition) is 2. The summed E-state index contributed by atoms with van der Waals surface area (Å²) >= 11 is 4.91. The molecule has 2 rings (SSSR count). The number of nitrogens with two attached hydrogens (primary N) is 1. The standard InChI is InChI=1S/C11H17N5S/c1-15-5-7-16(8-6-15)14-10-4-2-3-9(13-10)11(12)17/h2-4H,5-8H2,1H3,(H2,12,17)(H,13,14). The molecule has 1 aromatic heterocycles. The summed E-state index contributed by atoms with van der Waals surface area (Å²) in [5.74, 6) is 0.792. The first kappa shape index (κ1) is 12.2. The van der Waals surface area contributed by atoms with E-state index in [1.165, 1.54) is 0 Å². The Hall–Kier alpha value is -1.24. The third-order valence-corrected chi connectivity index (χ3v) is 2.99. The predicted octanol–water partition coefficient (Wildman–Crippen LogP) is 0.290. The summed E-state index contributed by atoms with van der Waals surface area (Å²) in [6.07, 6.45) is 0. The van der Waals surface area contributed by atoms with Crippen LogP contribution in [0.1, 0.15) is 5.69 Å². The van der Waals surface area contributed by atoms with Crippen molar-refractivity contribution in [3.8, 4) is 0 Å². The van der Waals surface area contributed by atoms with Crippen LogP contribution in [0.2, 0.25) is 0 Å². The molecule has 1 aliphatic heterocycles. The zero-order valence-electron chi connectivity index (χ0n) is 9.89. The van der Waals surface area contributed by atoms with Crippen molar-refractivity contribution in [2.45, 2.75) is 0 Å². The van der Waals surface area contributed by atoms with Crippen molar-refractivity contribution in [3.05, 3.63) is 23.9 Å². The van der Waals surface area contributed by atoms with E-state index in [2.05, 4.69) is 27.4 Å². The van der Waals surface area contributed by atoms with Crippen LogP contribution in [0.3, 0.4) is 0 Å². The zero-order chi connectivity index (χ0) is 12.3. The second-order valence-electron chi connectivity index (χ2n) is 4.17. The zero-order valence-corrected chi connectivity index (χ0v) is 10.7. The first-order valence-electron chi connectivity index (χ1n) is 5.62.